The summed E-state index contributed by atoms with van der Waals surface area (Å²) in [5.41, 5.74) is 2.31. The molecule has 2 aromatic rings. The van der Waals surface area contributed by atoms with Gasteiger partial charge < -0.3 is 10.1 Å². The third kappa shape index (κ3) is 5.98. The van der Waals surface area contributed by atoms with E-state index in [1.54, 1.807) is 0 Å². The first-order chi connectivity index (χ1) is 13.1. The Morgan fingerprint density at radius 1 is 1.15 bits per heavy atom. The van der Waals surface area contributed by atoms with Crippen molar-refractivity contribution >= 4 is 17.5 Å². The van der Waals surface area contributed by atoms with E-state index in [1.807, 2.05) is 49.4 Å². The van der Waals surface area contributed by atoms with Crippen LogP contribution < -0.4 is 10.1 Å². The second kappa shape index (κ2) is 9.77. The van der Waals surface area contributed by atoms with E-state index in [9.17, 15) is 4.79 Å². The summed E-state index contributed by atoms with van der Waals surface area (Å²) in [5, 5.41) is 3.85. The van der Waals surface area contributed by atoms with Gasteiger partial charge in [0.2, 0.25) is 5.91 Å². The van der Waals surface area contributed by atoms with Gasteiger partial charge in [-0.25, -0.2) is 0 Å². The number of amides is 1. The lowest BCUT2D eigenvalue weighted by Gasteiger charge is -2.31. The van der Waals surface area contributed by atoms with Crippen LogP contribution in [0.4, 0.5) is 0 Å². The summed E-state index contributed by atoms with van der Waals surface area (Å²) in [4.78, 5) is 14.9. The third-order valence-electron chi connectivity index (χ3n) is 4.95. The van der Waals surface area contributed by atoms with Gasteiger partial charge in [0, 0.05) is 24.0 Å². The predicted octanol–water partition coefficient (Wildman–Crippen LogP) is 4.27. The number of carbonyl (C=O) groups excluding carboxylic acids is 1. The number of nitrogens with zero attached hydrogens (tertiary/aromatic N) is 1. The van der Waals surface area contributed by atoms with E-state index < -0.39 is 0 Å². The van der Waals surface area contributed by atoms with Crippen molar-refractivity contribution in [3.05, 3.63) is 64.7 Å². The molecule has 1 aliphatic heterocycles. The maximum Gasteiger partial charge on any atom is 0.223 e. The average Bonchev–Trinajstić information content (AvgIpc) is 2.68. The van der Waals surface area contributed by atoms with Gasteiger partial charge in [0.1, 0.15) is 5.75 Å². The molecule has 0 saturated carbocycles. The molecule has 1 N–H and O–H groups in total. The first-order valence-electron chi connectivity index (χ1n) is 9.60. The molecule has 4 nitrogen and oxygen atoms in total. The molecule has 0 spiro atoms. The number of hydrogen-bond acceptors (Lipinski definition) is 3. The van der Waals surface area contributed by atoms with Gasteiger partial charge in [-0.1, -0.05) is 35.9 Å². The molecule has 5 heteroatoms. The normalized spacial score (nSPS) is 15.5. The highest BCUT2D eigenvalue weighted by atomic mass is 35.5. The third-order valence-corrected chi connectivity index (χ3v) is 5.19. The van der Waals surface area contributed by atoms with E-state index in [0.717, 1.165) is 48.8 Å². The molecular formula is C22H27ClN2O2. The van der Waals surface area contributed by atoms with E-state index in [4.69, 9.17) is 16.3 Å². The van der Waals surface area contributed by atoms with Crippen LogP contribution in [0.2, 0.25) is 5.02 Å². The molecule has 2 aromatic carbocycles. The number of halogens is 1. The Labute approximate surface area is 166 Å². The van der Waals surface area contributed by atoms with E-state index in [1.165, 1.54) is 5.56 Å². The molecule has 0 radical (unpaired) electrons. The lowest BCUT2D eigenvalue weighted by atomic mass is 9.95. The Kier molecular flexibility index (Phi) is 7.13. The molecule has 1 aliphatic rings. The zero-order chi connectivity index (χ0) is 19.1. The van der Waals surface area contributed by atoms with Crippen molar-refractivity contribution in [3.63, 3.8) is 0 Å². The number of benzene rings is 2. The van der Waals surface area contributed by atoms with Crippen molar-refractivity contribution < 1.29 is 9.53 Å². The number of hydrogen-bond donors (Lipinski definition) is 1. The number of rotatable bonds is 7. The fourth-order valence-corrected chi connectivity index (χ4v) is 3.66. The van der Waals surface area contributed by atoms with Gasteiger partial charge in [0.15, 0.2) is 0 Å². The smallest absolute Gasteiger partial charge is 0.223 e. The SMILES string of the molecule is CCOc1ccc(CNC(=O)C2CCN(Cc3cccc(Cl)c3)CC2)cc1. The molecule has 3 rings (SSSR count). The first kappa shape index (κ1) is 19.7. The fourth-order valence-electron chi connectivity index (χ4n) is 3.45. The fraction of sp³-hybridized carbons (Fsp3) is 0.409. The highest BCUT2D eigenvalue weighted by Crippen LogP contribution is 2.21. The van der Waals surface area contributed by atoms with Crippen LogP contribution in [-0.2, 0) is 17.9 Å². The molecule has 144 valence electrons. The molecule has 1 saturated heterocycles. The number of nitrogens with one attached hydrogen (secondary N) is 1. The van der Waals surface area contributed by atoms with Crippen LogP contribution in [0, 0.1) is 5.92 Å². The Morgan fingerprint density at radius 3 is 2.56 bits per heavy atom. The molecule has 0 bridgehead atoms. The summed E-state index contributed by atoms with van der Waals surface area (Å²) in [5.74, 6) is 1.12. The molecule has 0 unspecified atom stereocenters. The van der Waals surface area contributed by atoms with Gasteiger partial charge in [-0.3, -0.25) is 9.69 Å². The van der Waals surface area contributed by atoms with Gasteiger partial charge in [0.25, 0.3) is 0 Å². The predicted molar refractivity (Wildman–Crippen MR) is 109 cm³/mol. The van der Waals surface area contributed by atoms with Gasteiger partial charge in [-0.15, -0.1) is 0 Å². The topological polar surface area (TPSA) is 41.6 Å². The average molecular weight is 387 g/mol. The maximum absolute atomic E-state index is 12.5. The minimum Gasteiger partial charge on any atom is -0.494 e. The van der Waals surface area contributed by atoms with Crippen molar-refractivity contribution in [3.8, 4) is 5.75 Å². The summed E-state index contributed by atoms with van der Waals surface area (Å²) in [6.07, 6.45) is 1.80. The van der Waals surface area contributed by atoms with Crippen LogP contribution in [0.5, 0.6) is 5.75 Å². The number of carbonyl (C=O) groups is 1. The highest BCUT2D eigenvalue weighted by molar-refractivity contribution is 6.30. The first-order valence-corrected chi connectivity index (χ1v) is 9.98. The summed E-state index contributed by atoms with van der Waals surface area (Å²) in [7, 11) is 0. The van der Waals surface area contributed by atoms with E-state index in [0.29, 0.717) is 13.2 Å². The van der Waals surface area contributed by atoms with Crippen molar-refractivity contribution in [2.24, 2.45) is 5.92 Å². The lowest BCUT2D eigenvalue weighted by Crippen LogP contribution is -2.40. The second-order valence-corrected chi connectivity index (χ2v) is 7.41. The number of ether oxygens (including phenoxy) is 1. The van der Waals surface area contributed by atoms with Crippen molar-refractivity contribution in [2.45, 2.75) is 32.9 Å². The standard InChI is InChI=1S/C22H27ClN2O2/c1-2-27-21-8-6-17(7-9-21)15-24-22(26)19-10-12-25(13-11-19)16-18-4-3-5-20(23)14-18/h3-9,14,19H,2,10-13,15-16H2,1H3,(H,24,26). The molecule has 1 heterocycles. The highest BCUT2D eigenvalue weighted by Gasteiger charge is 2.24. The Morgan fingerprint density at radius 2 is 1.89 bits per heavy atom. The molecule has 0 atom stereocenters. The number of piperidine rings is 1. The van der Waals surface area contributed by atoms with Crippen molar-refractivity contribution in [1.82, 2.24) is 10.2 Å². The van der Waals surface area contributed by atoms with Crippen LogP contribution in [-0.4, -0.2) is 30.5 Å². The van der Waals surface area contributed by atoms with Gasteiger partial charge in [-0.05, 0) is 68.2 Å². The zero-order valence-corrected chi connectivity index (χ0v) is 16.5. The van der Waals surface area contributed by atoms with Crippen molar-refractivity contribution in [2.75, 3.05) is 19.7 Å². The second-order valence-electron chi connectivity index (χ2n) is 6.98. The van der Waals surface area contributed by atoms with Gasteiger partial charge in [0.05, 0.1) is 6.61 Å². The van der Waals surface area contributed by atoms with Crippen LogP contribution >= 0.6 is 11.6 Å². The molecule has 0 aromatic heterocycles. The zero-order valence-electron chi connectivity index (χ0n) is 15.8. The lowest BCUT2D eigenvalue weighted by molar-refractivity contribution is -0.126. The molecule has 1 amide bonds. The summed E-state index contributed by atoms with van der Waals surface area (Å²) >= 11 is 6.06. The minimum atomic E-state index is 0.100. The van der Waals surface area contributed by atoms with E-state index >= 15 is 0 Å². The van der Waals surface area contributed by atoms with Crippen LogP contribution in [0.15, 0.2) is 48.5 Å². The summed E-state index contributed by atoms with van der Waals surface area (Å²) in [6, 6.07) is 15.9. The summed E-state index contributed by atoms with van der Waals surface area (Å²) in [6.45, 7) is 5.96. The summed E-state index contributed by atoms with van der Waals surface area (Å²) < 4.78 is 5.44. The van der Waals surface area contributed by atoms with Crippen LogP contribution in [0.1, 0.15) is 30.9 Å². The molecular weight excluding hydrogens is 360 g/mol. The van der Waals surface area contributed by atoms with E-state index in [-0.39, 0.29) is 11.8 Å². The van der Waals surface area contributed by atoms with Crippen molar-refractivity contribution in [1.29, 1.82) is 0 Å². The minimum absolute atomic E-state index is 0.100. The van der Waals surface area contributed by atoms with Crippen LogP contribution in [0.25, 0.3) is 0 Å². The molecule has 1 fully saturated rings. The Bertz CT molecular complexity index is 740. The largest absolute Gasteiger partial charge is 0.494 e. The van der Waals surface area contributed by atoms with Gasteiger partial charge in [-0.2, -0.15) is 0 Å². The Balaban J connectivity index is 1.41. The monoisotopic (exact) mass is 386 g/mol. The molecule has 27 heavy (non-hydrogen) atoms. The number of likely N-dealkylation sites (tertiary alicyclic amines) is 1. The molecule has 0 aliphatic carbocycles. The maximum atomic E-state index is 12.5. The Hall–Kier alpha value is -2.04. The van der Waals surface area contributed by atoms with E-state index in [2.05, 4.69) is 16.3 Å². The quantitative estimate of drug-likeness (QED) is 0.772. The van der Waals surface area contributed by atoms with Gasteiger partial charge >= 0.3 is 0 Å². The van der Waals surface area contributed by atoms with Crippen LogP contribution in [0.3, 0.4) is 0 Å².